The number of ether oxygens (including phenoxy) is 2. The summed E-state index contributed by atoms with van der Waals surface area (Å²) < 4.78 is 10.9. The van der Waals surface area contributed by atoms with Gasteiger partial charge in [0, 0.05) is 36.1 Å². The van der Waals surface area contributed by atoms with Gasteiger partial charge in [0.15, 0.2) is 11.5 Å². The molecule has 0 amide bonds. The largest absolute Gasteiger partial charge is 0.454 e. The Labute approximate surface area is 174 Å². The Balaban J connectivity index is 1.54. The zero-order valence-corrected chi connectivity index (χ0v) is 16.4. The third kappa shape index (κ3) is 3.63. The van der Waals surface area contributed by atoms with Crippen LogP contribution in [0.5, 0.6) is 11.5 Å². The maximum absolute atomic E-state index is 5.48. The number of hydrogen-bond donors (Lipinski definition) is 1. The average molecular weight is 396 g/mol. The fourth-order valence-electron chi connectivity index (χ4n) is 3.31. The van der Waals surface area contributed by atoms with Gasteiger partial charge in [-0.25, -0.2) is 4.98 Å². The molecule has 0 spiro atoms. The first-order chi connectivity index (χ1) is 14.8. The van der Waals surface area contributed by atoms with Crippen LogP contribution in [-0.2, 0) is 0 Å². The molecular formula is C24H20N4O2. The first-order valence-electron chi connectivity index (χ1n) is 9.66. The predicted octanol–water partition coefficient (Wildman–Crippen LogP) is 5.38. The van der Waals surface area contributed by atoms with Crippen LogP contribution in [0.25, 0.3) is 11.3 Å². The Morgan fingerprint density at radius 3 is 2.33 bits per heavy atom. The molecule has 1 aliphatic rings. The molecule has 1 aliphatic heterocycles. The highest BCUT2D eigenvalue weighted by atomic mass is 16.7. The number of benzene rings is 3. The van der Waals surface area contributed by atoms with E-state index >= 15 is 0 Å². The molecular weight excluding hydrogens is 376 g/mol. The number of hydrogen-bond acceptors (Lipinski definition) is 6. The van der Waals surface area contributed by atoms with Gasteiger partial charge in [-0.3, -0.25) is 0 Å². The molecule has 0 fully saturated rings. The Morgan fingerprint density at radius 1 is 0.800 bits per heavy atom. The van der Waals surface area contributed by atoms with E-state index < -0.39 is 0 Å². The number of nitrogens with one attached hydrogen (secondary N) is 1. The van der Waals surface area contributed by atoms with Crippen LogP contribution in [0.2, 0.25) is 0 Å². The second-order valence-corrected chi connectivity index (χ2v) is 6.89. The predicted molar refractivity (Wildman–Crippen MR) is 118 cm³/mol. The molecule has 3 aromatic carbocycles. The zero-order valence-electron chi connectivity index (χ0n) is 16.4. The molecule has 0 bridgehead atoms. The lowest BCUT2D eigenvalue weighted by Gasteiger charge is -2.20. The van der Waals surface area contributed by atoms with Crippen LogP contribution < -0.4 is 19.7 Å². The Morgan fingerprint density at radius 2 is 1.53 bits per heavy atom. The third-order valence-electron chi connectivity index (χ3n) is 4.90. The number of para-hydroxylation sites is 1. The van der Waals surface area contributed by atoms with Crippen molar-refractivity contribution in [3.63, 3.8) is 0 Å². The maximum atomic E-state index is 5.48. The molecule has 0 saturated carbocycles. The van der Waals surface area contributed by atoms with Gasteiger partial charge in [0.05, 0.1) is 5.69 Å². The standard InChI is InChI=1S/C24H20N4O2/c1-28(19-10-6-3-7-11-19)23-15-20(17-8-4-2-5-9-17)26-24(27-23)25-18-12-13-21-22(14-18)30-16-29-21/h2-15H,16H2,1H3,(H,25,26,27). The van der Waals surface area contributed by atoms with E-state index in [-0.39, 0.29) is 6.79 Å². The number of fused-ring (bicyclic) bond motifs is 1. The lowest BCUT2D eigenvalue weighted by atomic mass is 10.1. The summed E-state index contributed by atoms with van der Waals surface area (Å²) >= 11 is 0. The van der Waals surface area contributed by atoms with Crippen LogP contribution in [0.15, 0.2) is 84.9 Å². The molecule has 6 nitrogen and oxygen atoms in total. The molecule has 0 radical (unpaired) electrons. The summed E-state index contributed by atoms with van der Waals surface area (Å²) in [4.78, 5) is 11.5. The summed E-state index contributed by atoms with van der Waals surface area (Å²) in [5, 5.41) is 3.31. The van der Waals surface area contributed by atoms with Gasteiger partial charge in [0.1, 0.15) is 5.82 Å². The Kier molecular flexibility index (Phi) is 4.65. The minimum absolute atomic E-state index is 0.241. The van der Waals surface area contributed by atoms with Gasteiger partial charge in [0.25, 0.3) is 0 Å². The SMILES string of the molecule is CN(c1ccccc1)c1cc(-c2ccccc2)nc(Nc2ccc3c(c2)OCO3)n1. The topological polar surface area (TPSA) is 59.5 Å². The summed E-state index contributed by atoms with van der Waals surface area (Å²) in [6.07, 6.45) is 0. The monoisotopic (exact) mass is 396 g/mol. The maximum Gasteiger partial charge on any atom is 0.231 e. The van der Waals surface area contributed by atoms with E-state index in [0.29, 0.717) is 11.7 Å². The van der Waals surface area contributed by atoms with Crippen LogP contribution >= 0.6 is 0 Å². The van der Waals surface area contributed by atoms with Crippen molar-refractivity contribution < 1.29 is 9.47 Å². The van der Waals surface area contributed by atoms with E-state index in [9.17, 15) is 0 Å². The number of nitrogens with zero attached hydrogens (tertiary/aromatic N) is 3. The molecule has 6 heteroatoms. The number of anilines is 4. The van der Waals surface area contributed by atoms with E-state index in [2.05, 4.69) is 17.4 Å². The van der Waals surface area contributed by atoms with Crippen LogP contribution in [0.3, 0.4) is 0 Å². The van der Waals surface area contributed by atoms with Crippen LogP contribution in [0.1, 0.15) is 0 Å². The molecule has 1 N–H and O–H groups in total. The minimum Gasteiger partial charge on any atom is -0.454 e. The Bertz CT molecular complexity index is 1170. The molecule has 4 aromatic rings. The van der Waals surface area contributed by atoms with Crippen molar-refractivity contribution in [2.45, 2.75) is 0 Å². The molecule has 0 atom stereocenters. The van der Waals surface area contributed by atoms with Crippen molar-refractivity contribution in [2.24, 2.45) is 0 Å². The first-order valence-corrected chi connectivity index (χ1v) is 9.66. The average Bonchev–Trinajstić information content (AvgIpc) is 3.27. The van der Waals surface area contributed by atoms with Crippen molar-refractivity contribution >= 4 is 23.1 Å². The summed E-state index contributed by atoms with van der Waals surface area (Å²) in [5.41, 5.74) is 3.74. The highest BCUT2D eigenvalue weighted by molar-refractivity contribution is 5.70. The second kappa shape index (κ2) is 7.75. The van der Waals surface area contributed by atoms with Gasteiger partial charge < -0.3 is 19.7 Å². The lowest BCUT2D eigenvalue weighted by molar-refractivity contribution is 0.174. The van der Waals surface area contributed by atoms with Crippen molar-refractivity contribution in [1.82, 2.24) is 9.97 Å². The molecule has 148 valence electrons. The lowest BCUT2D eigenvalue weighted by Crippen LogP contribution is -2.13. The van der Waals surface area contributed by atoms with Crippen LogP contribution in [-0.4, -0.2) is 23.8 Å². The van der Waals surface area contributed by atoms with Crippen LogP contribution in [0.4, 0.5) is 23.1 Å². The van der Waals surface area contributed by atoms with E-state index in [1.165, 1.54) is 0 Å². The smallest absolute Gasteiger partial charge is 0.231 e. The molecule has 0 unspecified atom stereocenters. The van der Waals surface area contributed by atoms with Crippen molar-refractivity contribution in [3.05, 3.63) is 84.9 Å². The number of aromatic nitrogens is 2. The highest BCUT2D eigenvalue weighted by Crippen LogP contribution is 2.35. The van der Waals surface area contributed by atoms with Crippen molar-refractivity contribution in [1.29, 1.82) is 0 Å². The summed E-state index contributed by atoms with van der Waals surface area (Å²) in [7, 11) is 2.00. The van der Waals surface area contributed by atoms with E-state index in [0.717, 1.165) is 34.2 Å². The highest BCUT2D eigenvalue weighted by Gasteiger charge is 2.15. The van der Waals surface area contributed by atoms with E-state index in [4.69, 9.17) is 19.4 Å². The molecule has 2 heterocycles. The Hall–Kier alpha value is -4.06. The van der Waals surface area contributed by atoms with E-state index in [1.54, 1.807) is 0 Å². The quantitative estimate of drug-likeness (QED) is 0.488. The zero-order chi connectivity index (χ0) is 20.3. The van der Waals surface area contributed by atoms with Crippen LogP contribution in [0, 0.1) is 0 Å². The van der Waals surface area contributed by atoms with Gasteiger partial charge >= 0.3 is 0 Å². The molecule has 30 heavy (non-hydrogen) atoms. The summed E-state index contributed by atoms with van der Waals surface area (Å²) in [5.74, 6) is 2.75. The second-order valence-electron chi connectivity index (χ2n) is 6.89. The van der Waals surface area contributed by atoms with E-state index in [1.807, 2.05) is 84.7 Å². The minimum atomic E-state index is 0.241. The summed E-state index contributed by atoms with van der Waals surface area (Å²) in [6.45, 7) is 0.241. The normalized spacial score (nSPS) is 11.9. The van der Waals surface area contributed by atoms with Gasteiger partial charge in [-0.15, -0.1) is 0 Å². The van der Waals surface area contributed by atoms with Crippen molar-refractivity contribution in [2.75, 3.05) is 24.1 Å². The molecule has 0 saturated heterocycles. The van der Waals surface area contributed by atoms with Gasteiger partial charge in [-0.05, 0) is 24.3 Å². The third-order valence-corrected chi connectivity index (χ3v) is 4.90. The van der Waals surface area contributed by atoms with Gasteiger partial charge in [-0.2, -0.15) is 4.98 Å². The van der Waals surface area contributed by atoms with Crippen molar-refractivity contribution in [3.8, 4) is 22.8 Å². The molecule has 1 aromatic heterocycles. The molecule has 0 aliphatic carbocycles. The summed E-state index contributed by atoms with van der Waals surface area (Å²) in [6, 6.07) is 27.9. The first kappa shape index (κ1) is 18.0. The van der Waals surface area contributed by atoms with Gasteiger partial charge in [-0.1, -0.05) is 48.5 Å². The van der Waals surface area contributed by atoms with Gasteiger partial charge in [0.2, 0.25) is 12.7 Å². The fourth-order valence-corrected chi connectivity index (χ4v) is 3.31. The molecule has 5 rings (SSSR count). The fraction of sp³-hybridized carbons (Fsp3) is 0.0833. The number of rotatable bonds is 5.